The first-order chi connectivity index (χ1) is 12.2. The number of guanidine groups is 1. The van der Waals surface area contributed by atoms with Crippen molar-refractivity contribution in [2.75, 3.05) is 59.5 Å². The molecule has 0 saturated carbocycles. The Morgan fingerprint density at radius 3 is 2.54 bits per heavy atom. The second-order valence-corrected chi connectivity index (χ2v) is 6.01. The quantitative estimate of drug-likeness (QED) is 0.236. The molecule has 1 aromatic carbocycles. The number of benzene rings is 1. The summed E-state index contributed by atoms with van der Waals surface area (Å²) in [5.41, 5.74) is 1.77. The van der Waals surface area contributed by atoms with Crippen LogP contribution in [-0.2, 0) is 4.74 Å². The van der Waals surface area contributed by atoms with Gasteiger partial charge in [-0.25, -0.2) is 0 Å². The lowest BCUT2D eigenvalue weighted by atomic mass is 10.1. The van der Waals surface area contributed by atoms with Gasteiger partial charge < -0.3 is 20.7 Å². The Kier molecular flexibility index (Phi) is 11.2. The predicted molar refractivity (Wildman–Crippen MR) is 116 cm³/mol. The topological polar surface area (TPSA) is 78.0 Å². The van der Waals surface area contributed by atoms with E-state index in [9.17, 15) is 4.79 Å². The molecule has 1 heterocycles. The maximum absolute atomic E-state index is 12.1. The molecule has 0 atom stereocenters. The molecule has 3 N–H and O–H groups in total. The molecule has 7 nitrogen and oxygen atoms in total. The molecule has 8 heteroatoms. The van der Waals surface area contributed by atoms with Crippen LogP contribution in [0.1, 0.15) is 15.9 Å². The van der Waals surface area contributed by atoms with E-state index in [2.05, 4.69) is 25.8 Å². The number of hydrogen-bond acceptors (Lipinski definition) is 4. The number of halogens is 1. The van der Waals surface area contributed by atoms with Crippen LogP contribution in [0.4, 0.5) is 0 Å². The van der Waals surface area contributed by atoms with Gasteiger partial charge in [0.15, 0.2) is 5.96 Å². The molecule has 1 amide bonds. The Labute approximate surface area is 173 Å². The highest BCUT2D eigenvalue weighted by molar-refractivity contribution is 14.0. The minimum absolute atomic E-state index is 0. The summed E-state index contributed by atoms with van der Waals surface area (Å²) in [7, 11) is 1.75. The van der Waals surface area contributed by atoms with Crippen molar-refractivity contribution in [2.24, 2.45) is 4.99 Å². The van der Waals surface area contributed by atoms with Crippen LogP contribution in [0.3, 0.4) is 0 Å². The van der Waals surface area contributed by atoms with E-state index in [0.717, 1.165) is 50.9 Å². The molecular weight excluding hydrogens is 445 g/mol. The number of morpholine rings is 1. The van der Waals surface area contributed by atoms with Gasteiger partial charge in [0, 0.05) is 51.9 Å². The van der Waals surface area contributed by atoms with Crippen LogP contribution < -0.4 is 16.0 Å². The van der Waals surface area contributed by atoms with Crippen LogP contribution in [0, 0.1) is 6.92 Å². The Morgan fingerprint density at radius 1 is 1.15 bits per heavy atom. The number of carbonyl (C=O) groups is 1. The van der Waals surface area contributed by atoms with Crippen LogP contribution in [0.5, 0.6) is 0 Å². The van der Waals surface area contributed by atoms with Crippen LogP contribution >= 0.6 is 24.0 Å². The lowest BCUT2D eigenvalue weighted by molar-refractivity contribution is 0.0389. The smallest absolute Gasteiger partial charge is 0.251 e. The number of ether oxygens (including phenoxy) is 1. The van der Waals surface area contributed by atoms with Crippen molar-refractivity contribution in [1.29, 1.82) is 0 Å². The summed E-state index contributed by atoms with van der Waals surface area (Å²) < 4.78 is 5.34. The van der Waals surface area contributed by atoms with Gasteiger partial charge in [-0.1, -0.05) is 17.7 Å². The molecule has 0 aromatic heterocycles. The Balaban J connectivity index is 0.00000338. The summed E-state index contributed by atoms with van der Waals surface area (Å²) in [4.78, 5) is 18.6. The molecule has 0 bridgehead atoms. The van der Waals surface area contributed by atoms with Crippen molar-refractivity contribution in [3.8, 4) is 0 Å². The first-order valence-electron chi connectivity index (χ1n) is 8.78. The summed E-state index contributed by atoms with van der Waals surface area (Å²) in [6.07, 6.45) is 0. The standard InChI is InChI=1S/C18H29N5O2.HI/c1-15-4-3-5-16(14-15)17(24)20-6-7-21-18(19-2)22-8-9-23-10-12-25-13-11-23;/h3-5,14H,6-13H2,1-2H3,(H,20,24)(H2,19,21,22);1H. The van der Waals surface area contributed by atoms with Crippen molar-refractivity contribution in [1.82, 2.24) is 20.9 Å². The summed E-state index contributed by atoms with van der Waals surface area (Å²) in [5, 5.41) is 9.40. The van der Waals surface area contributed by atoms with Crippen LogP contribution in [0.2, 0.25) is 0 Å². The monoisotopic (exact) mass is 475 g/mol. The van der Waals surface area contributed by atoms with Gasteiger partial charge in [0.05, 0.1) is 13.2 Å². The van der Waals surface area contributed by atoms with E-state index in [1.54, 1.807) is 7.05 Å². The average molecular weight is 475 g/mol. The third-order valence-electron chi connectivity index (χ3n) is 4.03. The van der Waals surface area contributed by atoms with Crippen molar-refractivity contribution < 1.29 is 9.53 Å². The fourth-order valence-corrected chi connectivity index (χ4v) is 2.62. The summed E-state index contributed by atoms with van der Waals surface area (Å²) in [6.45, 7) is 8.53. The van der Waals surface area contributed by atoms with Gasteiger partial charge in [0.25, 0.3) is 5.91 Å². The number of amides is 1. The van der Waals surface area contributed by atoms with Crippen molar-refractivity contribution in [2.45, 2.75) is 6.92 Å². The summed E-state index contributed by atoms with van der Waals surface area (Å²) in [6, 6.07) is 7.57. The fraction of sp³-hybridized carbons (Fsp3) is 0.556. The molecular formula is C18H30IN5O2. The van der Waals surface area contributed by atoms with E-state index in [4.69, 9.17) is 4.74 Å². The highest BCUT2D eigenvalue weighted by atomic mass is 127. The van der Waals surface area contributed by atoms with Gasteiger partial charge >= 0.3 is 0 Å². The lowest BCUT2D eigenvalue weighted by Gasteiger charge is -2.26. The lowest BCUT2D eigenvalue weighted by Crippen LogP contribution is -2.45. The second kappa shape index (κ2) is 12.9. The maximum Gasteiger partial charge on any atom is 0.251 e. The van der Waals surface area contributed by atoms with Crippen LogP contribution in [-0.4, -0.2) is 76.3 Å². The zero-order chi connectivity index (χ0) is 17.9. The third-order valence-corrected chi connectivity index (χ3v) is 4.03. The molecule has 1 saturated heterocycles. The average Bonchev–Trinajstić information content (AvgIpc) is 2.64. The van der Waals surface area contributed by atoms with Crippen molar-refractivity contribution >= 4 is 35.8 Å². The Hall–Kier alpha value is -1.39. The number of nitrogens with one attached hydrogen (secondary N) is 3. The SMILES string of the molecule is CN=C(NCCNC(=O)c1cccc(C)c1)NCCN1CCOCC1.I. The highest BCUT2D eigenvalue weighted by Gasteiger charge is 2.09. The molecule has 0 unspecified atom stereocenters. The van der Waals surface area contributed by atoms with Crippen LogP contribution in [0.15, 0.2) is 29.3 Å². The van der Waals surface area contributed by atoms with Crippen molar-refractivity contribution in [3.05, 3.63) is 35.4 Å². The van der Waals surface area contributed by atoms with E-state index < -0.39 is 0 Å². The maximum atomic E-state index is 12.1. The van der Waals surface area contributed by atoms with Gasteiger partial charge in [-0.3, -0.25) is 14.7 Å². The Bertz CT molecular complexity index is 576. The number of nitrogens with zero attached hydrogens (tertiary/aromatic N) is 2. The van der Waals surface area contributed by atoms with E-state index in [0.29, 0.717) is 18.7 Å². The number of carbonyl (C=O) groups excluding carboxylic acids is 1. The Morgan fingerprint density at radius 2 is 1.85 bits per heavy atom. The molecule has 1 aromatic rings. The molecule has 26 heavy (non-hydrogen) atoms. The van der Waals surface area contributed by atoms with Gasteiger partial charge in [-0.2, -0.15) is 0 Å². The molecule has 1 aliphatic heterocycles. The summed E-state index contributed by atoms with van der Waals surface area (Å²) in [5.74, 6) is 0.693. The number of hydrogen-bond donors (Lipinski definition) is 3. The zero-order valence-corrected chi connectivity index (χ0v) is 17.9. The molecule has 2 rings (SSSR count). The molecule has 1 aliphatic rings. The third kappa shape index (κ3) is 8.33. The van der Waals surface area contributed by atoms with Gasteiger partial charge in [0.1, 0.15) is 0 Å². The molecule has 0 radical (unpaired) electrons. The number of rotatable bonds is 7. The van der Waals surface area contributed by atoms with Gasteiger partial charge in [0.2, 0.25) is 0 Å². The second-order valence-electron chi connectivity index (χ2n) is 6.01. The first kappa shape index (κ1) is 22.7. The number of aliphatic imine (C=N–C) groups is 1. The largest absolute Gasteiger partial charge is 0.379 e. The molecule has 146 valence electrons. The van der Waals surface area contributed by atoms with Crippen LogP contribution in [0.25, 0.3) is 0 Å². The van der Waals surface area contributed by atoms with E-state index in [-0.39, 0.29) is 29.9 Å². The number of aryl methyl sites for hydroxylation is 1. The van der Waals surface area contributed by atoms with Gasteiger partial charge in [-0.15, -0.1) is 24.0 Å². The minimum Gasteiger partial charge on any atom is -0.379 e. The van der Waals surface area contributed by atoms with Crippen molar-refractivity contribution in [3.63, 3.8) is 0 Å². The molecule has 0 aliphatic carbocycles. The van der Waals surface area contributed by atoms with E-state index in [1.165, 1.54) is 0 Å². The predicted octanol–water partition coefficient (Wildman–Crippen LogP) is 0.840. The highest BCUT2D eigenvalue weighted by Crippen LogP contribution is 2.03. The zero-order valence-electron chi connectivity index (χ0n) is 15.6. The van der Waals surface area contributed by atoms with E-state index in [1.807, 2.05) is 31.2 Å². The summed E-state index contributed by atoms with van der Waals surface area (Å²) >= 11 is 0. The van der Waals surface area contributed by atoms with E-state index >= 15 is 0 Å². The normalized spacial score (nSPS) is 15.1. The molecule has 0 spiro atoms. The first-order valence-corrected chi connectivity index (χ1v) is 8.78. The minimum atomic E-state index is -0.0548. The fourth-order valence-electron chi connectivity index (χ4n) is 2.62. The molecule has 1 fully saturated rings. The van der Waals surface area contributed by atoms with Gasteiger partial charge in [-0.05, 0) is 19.1 Å².